The van der Waals surface area contributed by atoms with E-state index in [-0.39, 0.29) is 5.67 Å². The summed E-state index contributed by atoms with van der Waals surface area (Å²) < 4.78 is 11.5. The van der Waals surface area contributed by atoms with E-state index in [0.29, 0.717) is 19.1 Å². The molecule has 0 amide bonds. The van der Waals surface area contributed by atoms with E-state index in [0.717, 1.165) is 6.42 Å². The number of rotatable bonds is 8. The van der Waals surface area contributed by atoms with E-state index in [4.69, 9.17) is 8.85 Å². The molecule has 94 valence electrons. The molecular weight excluding hydrogens is 222 g/mol. The number of hydrogen-bond acceptors (Lipinski definition) is 4. The van der Waals surface area contributed by atoms with Crippen molar-refractivity contribution in [2.24, 2.45) is 10.9 Å². The smallest absolute Gasteiger partial charge is 0.361 e. The SMILES string of the molecule is CCO[Si](C)(OCC)C(CC(C)C)N=C=O. The van der Waals surface area contributed by atoms with Gasteiger partial charge in [0.25, 0.3) is 0 Å². The van der Waals surface area contributed by atoms with Gasteiger partial charge in [-0.15, -0.1) is 0 Å². The van der Waals surface area contributed by atoms with Crippen LogP contribution in [0.2, 0.25) is 6.55 Å². The maximum absolute atomic E-state index is 10.5. The molecule has 0 heterocycles. The monoisotopic (exact) mass is 245 g/mol. The molecule has 0 saturated carbocycles. The minimum Gasteiger partial charge on any atom is -0.393 e. The Balaban J connectivity index is 4.84. The Kier molecular flexibility index (Phi) is 7.50. The van der Waals surface area contributed by atoms with E-state index in [9.17, 15) is 4.79 Å². The van der Waals surface area contributed by atoms with Gasteiger partial charge in [0.15, 0.2) is 0 Å². The lowest BCUT2D eigenvalue weighted by Gasteiger charge is -2.31. The van der Waals surface area contributed by atoms with Crippen LogP contribution in [0.1, 0.15) is 34.1 Å². The average Bonchev–Trinajstić information content (AvgIpc) is 2.17. The third kappa shape index (κ3) is 5.03. The highest BCUT2D eigenvalue weighted by Crippen LogP contribution is 2.21. The molecule has 0 saturated heterocycles. The summed E-state index contributed by atoms with van der Waals surface area (Å²) in [6.45, 7) is 11.2. The van der Waals surface area contributed by atoms with Gasteiger partial charge in [-0.25, -0.2) is 9.79 Å². The third-order valence-electron chi connectivity index (χ3n) is 2.37. The van der Waals surface area contributed by atoms with Gasteiger partial charge in [-0.1, -0.05) is 13.8 Å². The van der Waals surface area contributed by atoms with Crippen LogP contribution >= 0.6 is 0 Å². The Hall–Kier alpha value is -0.483. The summed E-state index contributed by atoms with van der Waals surface area (Å²) in [7, 11) is -2.39. The highest BCUT2D eigenvalue weighted by molar-refractivity contribution is 6.67. The molecule has 0 aromatic heterocycles. The molecule has 0 aliphatic carbocycles. The van der Waals surface area contributed by atoms with Gasteiger partial charge in [-0.2, -0.15) is 0 Å². The van der Waals surface area contributed by atoms with Gasteiger partial charge >= 0.3 is 8.56 Å². The van der Waals surface area contributed by atoms with Crippen molar-refractivity contribution in [1.29, 1.82) is 0 Å². The molecule has 0 spiro atoms. The molecule has 0 aliphatic heterocycles. The van der Waals surface area contributed by atoms with Crippen molar-refractivity contribution < 1.29 is 13.6 Å². The zero-order valence-electron chi connectivity index (χ0n) is 10.9. The molecule has 1 atom stereocenters. The van der Waals surface area contributed by atoms with Crippen LogP contribution in [0.5, 0.6) is 0 Å². The minimum atomic E-state index is -2.39. The van der Waals surface area contributed by atoms with E-state index in [1.807, 2.05) is 20.4 Å². The van der Waals surface area contributed by atoms with Crippen LogP contribution in [0.4, 0.5) is 0 Å². The van der Waals surface area contributed by atoms with Gasteiger partial charge in [-0.3, -0.25) is 0 Å². The standard InChI is InChI=1S/C11H23NO3Si/c1-6-14-16(5,15-7-2)11(12-9-13)8-10(3)4/h10-11H,6-8H2,1-5H3. The molecule has 5 heteroatoms. The van der Waals surface area contributed by atoms with Gasteiger partial charge in [0.1, 0.15) is 5.67 Å². The Morgan fingerprint density at radius 3 is 2.06 bits per heavy atom. The lowest BCUT2D eigenvalue weighted by atomic mass is 10.1. The first-order chi connectivity index (χ1) is 7.50. The Morgan fingerprint density at radius 2 is 1.75 bits per heavy atom. The second-order valence-electron chi connectivity index (χ2n) is 4.25. The number of isocyanates is 1. The lowest BCUT2D eigenvalue weighted by molar-refractivity contribution is 0.176. The van der Waals surface area contributed by atoms with Crippen LogP contribution < -0.4 is 0 Å². The third-order valence-corrected chi connectivity index (χ3v) is 5.67. The second-order valence-corrected chi connectivity index (χ2v) is 7.52. The molecule has 4 nitrogen and oxygen atoms in total. The fraction of sp³-hybridized carbons (Fsp3) is 0.909. The molecule has 0 N–H and O–H groups in total. The first kappa shape index (κ1) is 15.5. The van der Waals surface area contributed by atoms with E-state index < -0.39 is 8.56 Å². The van der Waals surface area contributed by atoms with Crippen LogP contribution in [-0.2, 0) is 13.6 Å². The van der Waals surface area contributed by atoms with Crippen LogP contribution in [0.3, 0.4) is 0 Å². The fourth-order valence-corrected chi connectivity index (χ4v) is 4.50. The molecule has 0 aromatic carbocycles. The predicted octanol–water partition coefficient (Wildman–Crippen LogP) is 2.42. The molecule has 16 heavy (non-hydrogen) atoms. The van der Waals surface area contributed by atoms with Gasteiger partial charge in [0.05, 0.1) is 0 Å². The number of carbonyl (C=O) groups excluding carboxylic acids is 1. The van der Waals surface area contributed by atoms with Crippen molar-refractivity contribution in [2.75, 3.05) is 13.2 Å². The van der Waals surface area contributed by atoms with E-state index in [2.05, 4.69) is 18.8 Å². The quantitative estimate of drug-likeness (QED) is 0.375. The molecule has 0 aliphatic rings. The molecule has 0 fully saturated rings. The second kappa shape index (κ2) is 7.74. The van der Waals surface area contributed by atoms with Crippen molar-refractivity contribution >= 4 is 14.6 Å². The molecule has 1 unspecified atom stereocenters. The lowest BCUT2D eigenvalue weighted by Crippen LogP contribution is -2.50. The topological polar surface area (TPSA) is 47.9 Å². The van der Waals surface area contributed by atoms with Crippen LogP contribution in [0.25, 0.3) is 0 Å². The van der Waals surface area contributed by atoms with Crippen molar-refractivity contribution in [1.82, 2.24) is 0 Å². The number of hydrogen-bond donors (Lipinski definition) is 0. The highest BCUT2D eigenvalue weighted by Gasteiger charge is 2.41. The van der Waals surface area contributed by atoms with E-state index in [1.165, 1.54) is 0 Å². The Morgan fingerprint density at radius 1 is 1.25 bits per heavy atom. The largest absolute Gasteiger partial charge is 0.393 e. The number of nitrogens with zero attached hydrogens (tertiary/aromatic N) is 1. The molecule has 0 radical (unpaired) electrons. The van der Waals surface area contributed by atoms with Gasteiger partial charge in [0.2, 0.25) is 6.08 Å². The van der Waals surface area contributed by atoms with Crippen molar-refractivity contribution in [3.05, 3.63) is 0 Å². The highest BCUT2D eigenvalue weighted by atomic mass is 28.4. The van der Waals surface area contributed by atoms with Gasteiger partial charge < -0.3 is 8.85 Å². The molecular formula is C11H23NO3Si. The van der Waals surface area contributed by atoms with Crippen LogP contribution in [0, 0.1) is 5.92 Å². The van der Waals surface area contributed by atoms with Crippen molar-refractivity contribution in [3.8, 4) is 0 Å². The van der Waals surface area contributed by atoms with Crippen LogP contribution in [-0.4, -0.2) is 33.5 Å². The normalized spacial score (nSPS) is 13.6. The zero-order valence-corrected chi connectivity index (χ0v) is 11.9. The minimum absolute atomic E-state index is 0.162. The van der Waals surface area contributed by atoms with Crippen molar-refractivity contribution in [2.45, 2.75) is 46.3 Å². The summed E-state index contributed by atoms with van der Waals surface area (Å²) in [6.07, 6.45) is 2.45. The predicted molar refractivity (Wildman–Crippen MR) is 66.2 cm³/mol. The summed E-state index contributed by atoms with van der Waals surface area (Å²) in [5.74, 6) is 0.454. The maximum atomic E-state index is 10.5. The first-order valence-electron chi connectivity index (χ1n) is 5.85. The Bertz CT molecular complexity index is 233. The summed E-state index contributed by atoms with van der Waals surface area (Å²) in [5, 5.41) is 0. The van der Waals surface area contributed by atoms with Gasteiger partial charge in [0, 0.05) is 13.2 Å². The average molecular weight is 245 g/mol. The molecule has 0 aromatic rings. The van der Waals surface area contributed by atoms with E-state index >= 15 is 0 Å². The summed E-state index contributed by atoms with van der Waals surface area (Å²) in [6, 6.07) is 0. The summed E-state index contributed by atoms with van der Waals surface area (Å²) in [4.78, 5) is 14.4. The number of aliphatic imine (C=N–C) groups is 1. The van der Waals surface area contributed by atoms with Crippen molar-refractivity contribution in [3.63, 3.8) is 0 Å². The van der Waals surface area contributed by atoms with Gasteiger partial charge in [-0.05, 0) is 32.7 Å². The zero-order chi connectivity index (χ0) is 12.6. The first-order valence-corrected chi connectivity index (χ1v) is 8.24. The fourth-order valence-electron chi connectivity index (χ4n) is 1.70. The van der Waals surface area contributed by atoms with Crippen LogP contribution in [0.15, 0.2) is 4.99 Å². The summed E-state index contributed by atoms with van der Waals surface area (Å²) >= 11 is 0. The summed E-state index contributed by atoms with van der Waals surface area (Å²) in [5.41, 5.74) is -0.162. The van der Waals surface area contributed by atoms with E-state index in [1.54, 1.807) is 6.08 Å². The Labute approximate surface area is 99.3 Å². The molecule has 0 rings (SSSR count). The maximum Gasteiger partial charge on any atom is 0.361 e. The molecule has 0 bridgehead atoms.